The molecule has 1 aliphatic heterocycles. The minimum absolute atomic E-state index is 0.140. The molecule has 2 aromatic carbocycles. The normalized spacial score (nSPS) is 15.8. The van der Waals surface area contributed by atoms with Crippen LogP contribution in [0.4, 0.5) is 5.69 Å². The van der Waals surface area contributed by atoms with Gasteiger partial charge in [-0.05, 0) is 36.3 Å². The first-order valence-electron chi connectivity index (χ1n) is 14.1. The first kappa shape index (κ1) is 28.7. The third-order valence-electron chi connectivity index (χ3n) is 7.79. The monoisotopic (exact) mass is 557 g/mol. The number of allylic oxidation sites excluding steroid dienone is 1. The molecule has 198 valence electrons. The maximum atomic E-state index is 12.1. The Morgan fingerprint density at radius 3 is 1.89 bits per heavy atom. The zero-order chi connectivity index (χ0) is 26.1. The lowest BCUT2D eigenvalue weighted by atomic mass is 9.83. The molecule has 5 heteroatoms. The summed E-state index contributed by atoms with van der Waals surface area (Å²) in [5, 5.41) is 9.97. The van der Waals surface area contributed by atoms with E-state index in [1.165, 1.54) is 89.0 Å². The van der Waals surface area contributed by atoms with Crippen LogP contribution in [-0.4, -0.2) is 11.7 Å². The molecule has 1 aliphatic rings. The van der Waals surface area contributed by atoms with Crippen molar-refractivity contribution in [2.75, 3.05) is 11.4 Å². The minimum Gasteiger partial charge on any atom is -0.504 e. The quantitative estimate of drug-likeness (QED) is 0.166. The third-order valence-corrected chi connectivity index (χ3v) is 8.28. The van der Waals surface area contributed by atoms with Gasteiger partial charge >= 0.3 is 0 Å². The van der Waals surface area contributed by atoms with Crippen molar-refractivity contribution in [3.05, 3.63) is 59.9 Å². The molecular weight excluding hydrogens is 514 g/mol. The average molecular weight is 559 g/mol. The van der Waals surface area contributed by atoms with E-state index in [-0.39, 0.29) is 11.0 Å². The molecule has 3 rings (SSSR count). The number of rotatable bonds is 16. The van der Waals surface area contributed by atoms with E-state index in [1.54, 1.807) is 6.08 Å². The number of halogens is 1. The maximum absolute atomic E-state index is 12.1. The lowest BCUT2D eigenvalue weighted by molar-refractivity contribution is 0.461. The smallest absolute Gasteiger partial charge is 0.268 e. The molecule has 4 nitrogen and oxygen atoms in total. The summed E-state index contributed by atoms with van der Waals surface area (Å²) in [4.78, 5) is 25.9. The fourth-order valence-electron chi connectivity index (χ4n) is 5.48. The number of hydrogen-bond acceptors (Lipinski definition) is 4. The zero-order valence-electron chi connectivity index (χ0n) is 22.5. The Balaban J connectivity index is 1.47. The molecule has 0 spiro atoms. The Kier molecular flexibility index (Phi) is 10.8. The van der Waals surface area contributed by atoms with Gasteiger partial charge in [-0.25, -0.2) is 0 Å². The van der Waals surface area contributed by atoms with Gasteiger partial charge in [0, 0.05) is 27.8 Å². The second-order valence-electron chi connectivity index (χ2n) is 11.0. The summed E-state index contributed by atoms with van der Waals surface area (Å²) in [6, 6.07) is 6.30. The van der Waals surface area contributed by atoms with Crippen molar-refractivity contribution in [2.24, 2.45) is 0 Å². The predicted molar refractivity (Wildman–Crippen MR) is 156 cm³/mol. The molecule has 0 atom stereocenters. The molecule has 2 aromatic rings. The molecule has 36 heavy (non-hydrogen) atoms. The van der Waals surface area contributed by atoms with E-state index in [9.17, 15) is 14.7 Å². The Morgan fingerprint density at radius 1 is 0.833 bits per heavy atom. The fraction of sp³-hybridized carbons (Fsp3) is 0.613. The number of hydrogen-bond donors (Lipinski definition) is 1. The van der Waals surface area contributed by atoms with E-state index in [2.05, 4.69) is 53.7 Å². The van der Waals surface area contributed by atoms with Gasteiger partial charge in [0.25, 0.3) is 5.43 Å². The van der Waals surface area contributed by atoms with Crippen LogP contribution in [-0.2, 0) is 5.41 Å². The molecule has 0 saturated heterocycles. The van der Waals surface area contributed by atoms with Crippen LogP contribution in [0.5, 0.6) is 5.75 Å². The van der Waals surface area contributed by atoms with Crippen LogP contribution in [0.25, 0.3) is 6.08 Å². The number of anilines is 1. The van der Waals surface area contributed by atoms with Gasteiger partial charge in [0.2, 0.25) is 5.43 Å². The van der Waals surface area contributed by atoms with E-state index in [0.29, 0.717) is 0 Å². The van der Waals surface area contributed by atoms with Gasteiger partial charge in [-0.2, -0.15) is 0 Å². The Morgan fingerprint density at radius 2 is 1.36 bits per heavy atom. The molecule has 1 N–H and O–H groups in total. The molecule has 0 aromatic heterocycles. The highest BCUT2D eigenvalue weighted by Crippen LogP contribution is 2.49. The van der Waals surface area contributed by atoms with E-state index in [0.717, 1.165) is 28.8 Å². The lowest BCUT2D eigenvalue weighted by Crippen LogP contribution is -2.34. The summed E-state index contributed by atoms with van der Waals surface area (Å²) < 4.78 is 1.02. The lowest BCUT2D eigenvalue weighted by Gasteiger charge is -2.27. The van der Waals surface area contributed by atoms with E-state index in [4.69, 9.17) is 0 Å². The van der Waals surface area contributed by atoms with Crippen LogP contribution in [0.15, 0.2) is 38.0 Å². The molecule has 0 fully saturated rings. The molecule has 1 heterocycles. The van der Waals surface area contributed by atoms with Crippen molar-refractivity contribution in [1.82, 2.24) is 0 Å². The predicted octanol–water partition coefficient (Wildman–Crippen LogP) is 8.37. The maximum Gasteiger partial charge on any atom is 0.268 e. The SMILES string of the molecule is CCCCCCCCCCCCCCCCN1/C(=C/c2c(O)c(=O)c2=O)C(C)(C)c2cc(Br)ccc21. The number of unbranched alkanes of at least 4 members (excludes halogenated alkanes) is 13. The second-order valence-corrected chi connectivity index (χ2v) is 11.9. The summed E-state index contributed by atoms with van der Waals surface area (Å²) in [6.45, 7) is 7.40. The highest BCUT2D eigenvalue weighted by molar-refractivity contribution is 9.10. The largest absolute Gasteiger partial charge is 0.504 e. The molecule has 0 aliphatic carbocycles. The van der Waals surface area contributed by atoms with Crippen molar-refractivity contribution in [2.45, 2.75) is 116 Å². The average Bonchev–Trinajstić information content (AvgIpc) is 3.07. The number of aromatic hydroxyl groups is 1. The van der Waals surface area contributed by atoms with Gasteiger partial charge in [0.1, 0.15) is 0 Å². The van der Waals surface area contributed by atoms with Gasteiger partial charge in [0.05, 0.1) is 5.56 Å². The summed E-state index contributed by atoms with van der Waals surface area (Å²) in [5.41, 5.74) is 1.73. The van der Waals surface area contributed by atoms with Crippen LogP contribution < -0.4 is 15.8 Å². The first-order valence-corrected chi connectivity index (χ1v) is 14.9. The summed E-state index contributed by atoms with van der Waals surface area (Å²) >= 11 is 3.59. The minimum atomic E-state index is -0.781. The van der Waals surface area contributed by atoms with Crippen LogP contribution in [0, 0.1) is 0 Å². The highest BCUT2D eigenvalue weighted by atomic mass is 79.9. The topological polar surface area (TPSA) is 57.6 Å². The Labute approximate surface area is 225 Å². The fourth-order valence-corrected chi connectivity index (χ4v) is 5.84. The second kappa shape index (κ2) is 13.6. The summed E-state index contributed by atoms with van der Waals surface area (Å²) in [7, 11) is 0. The molecular formula is C31H44BrNO3. The molecule has 0 amide bonds. The Hall–Kier alpha value is -1.88. The van der Waals surface area contributed by atoms with Crippen molar-refractivity contribution < 1.29 is 5.11 Å². The standard InChI is InChI=1S/C31H44BrNO3/c1-4-5-6-7-8-9-10-11-12-13-14-15-16-17-20-33-26-19-18-23(32)21-25(26)31(2,3)27(33)22-24-28(34)30(36)29(24)35/h18-19,21-22,34H,4-17,20H2,1-3H3/b27-22+. The molecule has 0 unspecified atom stereocenters. The van der Waals surface area contributed by atoms with Crippen LogP contribution >= 0.6 is 15.9 Å². The van der Waals surface area contributed by atoms with Crippen LogP contribution in [0.3, 0.4) is 0 Å². The van der Waals surface area contributed by atoms with Gasteiger partial charge in [-0.15, -0.1) is 0 Å². The van der Waals surface area contributed by atoms with Crippen molar-refractivity contribution >= 4 is 27.7 Å². The molecule has 0 saturated carbocycles. The van der Waals surface area contributed by atoms with Crippen molar-refractivity contribution in [3.8, 4) is 5.75 Å². The summed E-state index contributed by atoms with van der Waals surface area (Å²) in [5.74, 6) is -0.406. The molecule has 0 bridgehead atoms. The first-order chi connectivity index (χ1) is 17.3. The third kappa shape index (κ3) is 6.90. The Bertz CT molecular complexity index is 1090. The van der Waals surface area contributed by atoms with Gasteiger partial charge in [0.15, 0.2) is 5.75 Å². The van der Waals surface area contributed by atoms with Crippen LogP contribution in [0.2, 0.25) is 0 Å². The van der Waals surface area contributed by atoms with E-state index < -0.39 is 16.6 Å². The zero-order valence-corrected chi connectivity index (χ0v) is 24.1. The van der Waals surface area contributed by atoms with E-state index >= 15 is 0 Å². The summed E-state index contributed by atoms with van der Waals surface area (Å²) in [6.07, 6.45) is 20.3. The number of fused-ring (bicyclic) bond motifs is 1. The van der Waals surface area contributed by atoms with Gasteiger partial charge < -0.3 is 10.0 Å². The molecule has 0 radical (unpaired) electrons. The number of benzene rings is 1. The number of nitrogens with zero attached hydrogens (tertiary/aromatic N) is 1. The van der Waals surface area contributed by atoms with E-state index in [1.807, 2.05) is 6.07 Å². The van der Waals surface area contributed by atoms with Gasteiger partial charge in [-0.1, -0.05) is 120 Å². The van der Waals surface area contributed by atoms with Crippen molar-refractivity contribution in [1.29, 1.82) is 0 Å². The van der Waals surface area contributed by atoms with Gasteiger partial charge in [-0.3, -0.25) is 9.59 Å². The van der Waals surface area contributed by atoms with Crippen LogP contribution in [0.1, 0.15) is 122 Å². The highest BCUT2D eigenvalue weighted by Gasteiger charge is 2.40. The van der Waals surface area contributed by atoms with Crippen molar-refractivity contribution in [3.63, 3.8) is 0 Å².